The first-order valence-corrected chi connectivity index (χ1v) is 11.9. The van der Waals surface area contributed by atoms with Crippen molar-refractivity contribution in [3.63, 3.8) is 0 Å². The fraction of sp³-hybridized carbons (Fsp3) is 0.357. The van der Waals surface area contributed by atoms with Gasteiger partial charge in [0.15, 0.2) is 6.04 Å². The van der Waals surface area contributed by atoms with Crippen LogP contribution in [0.3, 0.4) is 0 Å². The average Bonchev–Trinajstić information content (AvgIpc) is 2.86. The van der Waals surface area contributed by atoms with E-state index in [4.69, 9.17) is 10.2 Å². The van der Waals surface area contributed by atoms with Crippen molar-refractivity contribution in [1.82, 2.24) is 10.6 Å². The number of fused-ring (bicyclic) bond motifs is 1. The molecule has 4 unspecified atom stereocenters. The molecule has 4 N–H and O–H groups in total. The Morgan fingerprint density at radius 2 is 1.71 bits per heavy atom. The maximum Gasteiger partial charge on any atom is 0.328 e. The summed E-state index contributed by atoms with van der Waals surface area (Å²) in [7, 11) is 0. The first-order chi connectivity index (χ1) is 16.5. The molecule has 0 bridgehead atoms. The molecule has 4 rings (SSSR count). The summed E-state index contributed by atoms with van der Waals surface area (Å²) in [5, 5.41) is 26.9. The Morgan fingerprint density at radius 3 is 2.43 bits per heavy atom. The molecule has 3 aromatic rings. The van der Waals surface area contributed by atoms with Crippen LogP contribution >= 0.6 is 12.4 Å². The van der Waals surface area contributed by atoms with Gasteiger partial charge in [0.2, 0.25) is 0 Å². The lowest BCUT2D eigenvalue weighted by molar-refractivity contribution is -0.140. The number of aliphatic hydroxyl groups excluding tert-OH is 1. The fourth-order valence-electron chi connectivity index (χ4n) is 5.05. The number of hydrogen-bond donors (Lipinski definition) is 4. The van der Waals surface area contributed by atoms with E-state index in [0.717, 1.165) is 25.7 Å². The van der Waals surface area contributed by atoms with Gasteiger partial charge in [-0.2, -0.15) is 0 Å². The summed E-state index contributed by atoms with van der Waals surface area (Å²) in [5.41, 5.74) is 2.90. The van der Waals surface area contributed by atoms with Crippen LogP contribution < -0.4 is 10.6 Å². The van der Waals surface area contributed by atoms with Crippen LogP contribution in [0.4, 0.5) is 0 Å². The minimum Gasteiger partial charge on any atom is -0.480 e. The number of carbonyl (C=O) groups is 2. The zero-order valence-corrected chi connectivity index (χ0v) is 20.6. The van der Waals surface area contributed by atoms with E-state index in [9.17, 15) is 9.59 Å². The Labute approximate surface area is 212 Å². The highest BCUT2D eigenvalue weighted by atomic mass is 35.5. The SMILES string of the molecule is CC(NC1CCCC(c2ccc(C(=O)NC(CO)C(=O)O)cc2)C1)c1cccc2ccccc12.Cl. The average molecular weight is 497 g/mol. The van der Waals surface area contributed by atoms with Crippen molar-refractivity contribution in [1.29, 1.82) is 0 Å². The van der Waals surface area contributed by atoms with Crippen LogP contribution in [0.2, 0.25) is 0 Å². The number of hydrogen-bond acceptors (Lipinski definition) is 4. The predicted molar refractivity (Wildman–Crippen MR) is 140 cm³/mol. The molecule has 0 radical (unpaired) electrons. The minimum absolute atomic E-state index is 0. The quantitative estimate of drug-likeness (QED) is 0.358. The second-order valence-corrected chi connectivity index (χ2v) is 9.19. The Bertz CT molecular complexity index is 1150. The van der Waals surface area contributed by atoms with Gasteiger partial charge in [-0.15, -0.1) is 12.4 Å². The molecule has 0 spiro atoms. The van der Waals surface area contributed by atoms with Gasteiger partial charge in [-0.25, -0.2) is 4.79 Å². The monoisotopic (exact) mass is 496 g/mol. The second kappa shape index (κ2) is 12.2. The number of halogens is 1. The van der Waals surface area contributed by atoms with Gasteiger partial charge in [0.1, 0.15) is 0 Å². The second-order valence-electron chi connectivity index (χ2n) is 9.19. The number of amides is 1. The summed E-state index contributed by atoms with van der Waals surface area (Å²) in [5.74, 6) is -1.35. The molecule has 0 aliphatic heterocycles. The molecule has 1 saturated carbocycles. The van der Waals surface area contributed by atoms with Crippen LogP contribution in [0.15, 0.2) is 66.7 Å². The highest BCUT2D eigenvalue weighted by molar-refractivity contribution is 5.96. The maximum atomic E-state index is 12.3. The number of carbonyl (C=O) groups excluding carboxylic acids is 1. The molecule has 3 aromatic carbocycles. The summed E-state index contributed by atoms with van der Waals surface area (Å²) in [6.07, 6.45) is 4.43. The van der Waals surface area contributed by atoms with E-state index in [-0.39, 0.29) is 18.4 Å². The normalized spacial score (nSPS) is 19.4. The molecule has 186 valence electrons. The lowest BCUT2D eigenvalue weighted by Crippen LogP contribution is -2.43. The van der Waals surface area contributed by atoms with E-state index in [2.05, 4.69) is 60.0 Å². The first kappa shape index (κ1) is 26.7. The first-order valence-electron chi connectivity index (χ1n) is 11.9. The zero-order chi connectivity index (χ0) is 24.1. The van der Waals surface area contributed by atoms with Crippen LogP contribution in [0.25, 0.3) is 10.8 Å². The van der Waals surface area contributed by atoms with E-state index < -0.39 is 24.5 Å². The molecule has 1 aliphatic rings. The Hall–Kier alpha value is -2.93. The summed E-state index contributed by atoms with van der Waals surface area (Å²) >= 11 is 0. The topological polar surface area (TPSA) is 98.7 Å². The molecule has 7 heteroatoms. The molecule has 1 aliphatic carbocycles. The Kier molecular flexibility index (Phi) is 9.26. The number of aliphatic hydroxyl groups is 1. The van der Waals surface area contributed by atoms with Crippen LogP contribution in [0.5, 0.6) is 0 Å². The van der Waals surface area contributed by atoms with E-state index in [0.29, 0.717) is 17.5 Å². The molecule has 4 atom stereocenters. The smallest absolute Gasteiger partial charge is 0.328 e. The summed E-state index contributed by atoms with van der Waals surface area (Å²) in [6.45, 7) is 1.59. The lowest BCUT2D eigenvalue weighted by Gasteiger charge is -2.32. The van der Waals surface area contributed by atoms with Crippen LogP contribution in [0, 0.1) is 0 Å². The van der Waals surface area contributed by atoms with Crippen molar-refractivity contribution in [2.45, 2.75) is 56.7 Å². The number of benzene rings is 3. The van der Waals surface area contributed by atoms with Gasteiger partial charge >= 0.3 is 5.97 Å². The minimum atomic E-state index is -1.30. The van der Waals surface area contributed by atoms with Crippen molar-refractivity contribution in [3.05, 3.63) is 83.4 Å². The third-order valence-electron chi connectivity index (χ3n) is 6.88. The fourth-order valence-corrected chi connectivity index (χ4v) is 5.05. The molecule has 1 amide bonds. The molecule has 0 heterocycles. The number of nitrogens with one attached hydrogen (secondary N) is 2. The number of carboxylic acids is 1. The molecular weight excluding hydrogens is 464 g/mol. The highest BCUT2D eigenvalue weighted by Crippen LogP contribution is 2.34. The summed E-state index contributed by atoms with van der Waals surface area (Å²) in [6, 6.07) is 21.7. The third kappa shape index (κ3) is 6.40. The van der Waals surface area contributed by atoms with Gasteiger partial charge in [-0.3, -0.25) is 4.79 Å². The van der Waals surface area contributed by atoms with E-state index in [1.54, 1.807) is 12.1 Å². The van der Waals surface area contributed by atoms with Crippen LogP contribution in [0.1, 0.15) is 66.1 Å². The van der Waals surface area contributed by atoms with Gasteiger partial charge in [0, 0.05) is 17.6 Å². The lowest BCUT2D eigenvalue weighted by atomic mass is 9.80. The largest absolute Gasteiger partial charge is 0.480 e. The molecular formula is C28H33ClN2O4. The number of carboxylic acid groups (broad SMARTS) is 1. The summed E-state index contributed by atoms with van der Waals surface area (Å²) in [4.78, 5) is 23.4. The van der Waals surface area contributed by atoms with Gasteiger partial charge < -0.3 is 20.8 Å². The van der Waals surface area contributed by atoms with Crippen molar-refractivity contribution < 1.29 is 19.8 Å². The van der Waals surface area contributed by atoms with Crippen LogP contribution in [-0.4, -0.2) is 40.8 Å². The van der Waals surface area contributed by atoms with Crippen LogP contribution in [-0.2, 0) is 4.79 Å². The van der Waals surface area contributed by atoms with Crippen molar-refractivity contribution in [3.8, 4) is 0 Å². The zero-order valence-electron chi connectivity index (χ0n) is 19.8. The molecule has 6 nitrogen and oxygen atoms in total. The van der Waals surface area contributed by atoms with E-state index in [1.807, 2.05) is 12.1 Å². The molecule has 35 heavy (non-hydrogen) atoms. The van der Waals surface area contributed by atoms with Gasteiger partial charge in [0.05, 0.1) is 6.61 Å². The number of rotatable bonds is 8. The van der Waals surface area contributed by atoms with E-state index >= 15 is 0 Å². The van der Waals surface area contributed by atoms with Crippen molar-refractivity contribution in [2.75, 3.05) is 6.61 Å². The molecule has 0 saturated heterocycles. The van der Waals surface area contributed by atoms with Gasteiger partial charge in [-0.05, 0) is 66.1 Å². The van der Waals surface area contributed by atoms with Gasteiger partial charge in [-0.1, -0.05) is 61.0 Å². The predicted octanol–water partition coefficient (Wildman–Crippen LogP) is 4.81. The van der Waals surface area contributed by atoms with Gasteiger partial charge in [0.25, 0.3) is 5.91 Å². The van der Waals surface area contributed by atoms with Crippen molar-refractivity contribution in [2.24, 2.45) is 0 Å². The van der Waals surface area contributed by atoms with E-state index in [1.165, 1.54) is 21.9 Å². The standard InChI is InChI=1S/C28H32N2O4.ClH/c1-18(24-11-5-7-20-6-2-3-10-25(20)24)29-23-9-4-8-22(16-23)19-12-14-21(15-13-19)27(32)30-26(17-31)28(33)34;/h2-3,5-7,10-15,18,22-23,26,29,31H,4,8-9,16-17H2,1H3,(H,30,32)(H,33,34);1H. The molecule has 1 fully saturated rings. The van der Waals surface area contributed by atoms with Crippen molar-refractivity contribution >= 4 is 35.1 Å². The Morgan fingerprint density at radius 1 is 1.00 bits per heavy atom. The Balaban J connectivity index is 0.00000342. The maximum absolute atomic E-state index is 12.3. The number of aliphatic carboxylic acids is 1. The highest BCUT2D eigenvalue weighted by Gasteiger charge is 2.25. The summed E-state index contributed by atoms with van der Waals surface area (Å²) < 4.78 is 0. The third-order valence-corrected chi connectivity index (χ3v) is 6.88. The molecule has 0 aromatic heterocycles.